The zero-order valence-electron chi connectivity index (χ0n) is 10.7. The Kier molecular flexibility index (Phi) is 3.79. The first-order chi connectivity index (χ1) is 8.00. The van der Waals surface area contributed by atoms with Crippen molar-refractivity contribution in [3.8, 4) is 0 Å². The van der Waals surface area contributed by atoms with Gasteiger partial charge in [0, 0.05) is 23.2 Å². The van der Waals surface area contributed by atoms with Crippen LogP contribution in [0.15, 0.2) is 22.7 Å². The van der Waals surface area contributed by atoms with Crippen LogP contribution in [0.25, 0.3) is 0 Å². The van der Waals surface area contributed by atoms with E-state index in [1.165, 1.54) is 18.5 Å². The van der Waals surface area contributed by atoms with Crippen LogP contribution in [-0.2, 0) is 0 Å². The lowest BCUT2D eigenvalue weighted by Crippen LogP contribution is -2.30. The van der Waals surface area contributed by atoms with Crippen molar-refractivity contribution < 1.29 is 5.11 Å². The quantitative estimate of drug-likeness (QED) is 0.915. The van der Waals surface area contributed by atoms with E-state index in [0.717, 1.165) is 16.0 Å². The van der Waals surface area contributed by atoms with Gasteiger partial charge in [-0.3, -0.25) is 0 Å². The molecular formula is C14H20BrNO. The fraction of sp³-hybridized carbons (Fsp3) is 0.571. The van der Waals surface area contributed by atoms with Gasteiger partial charge >= 0.3 is 0 Å². The maximum atomic E-state index is 9.60. The molecule has 94 valence electrons. The van der Waals surface area contributed by atoms with Gasteiger partial charge in [-0.25, -0.2) is 0 Å². The highest BCUT2D eigenvalue weighted by molar-refractivity contribution is 9.10. The summed E-state index contributed by atoms with van der Waals surface area (Å²) in [6.45, 7) is 4.07. The first kappa shape index (κ1) is 12.9. The standard InChI is InChI=1S/C14H20BrNO/c1-9(11-4-5-11)16(3)12-6-7-13(10(2)17)14(15)8-12/h6-11,17H,4-5H2,1-3H3/t9?,10-/m0/s1. The lowest BCUT2D eigenvalue weighted by molar-refractivity contribution is 0.198. The van der Waals surface area contributed by atoms with Gasteiger partial charge in [-0.1, -0.05) is 22.0 Å². The zero-order chi connectivity index (χ0) is 12.6. The van der Waals surface area contributed by atoms with E-state index in [4.69, 9.17) is 0 Å². The molecule has 0 aromatic heterocycles. The van der Waals surface area contributed by atoms with Gasteiger partial charge in [0.25, 0.3) is 0 Å². The van der Waals surface area contributed by atoms with Crippen molar-refractivity contribution in [1.82, 2.24) is 0 Å². The Morgan fingerprint density at radius 2 is 2.00 bits per heavy atom. The molecule has 3 heteroatoms. The van der Waals surface area contributed by atoms with Crippen molar-refractivity contribution in [2.24, 2.45) is 5.92 Å². The fourth-order valence-electron chi connectivity index (χ4n) is 2.20. The minimum absolute atomic E-state index is 0.426. The molecule has 0 bridgehead atoms. The molecule has 0 radical (unpaired) electrons. The molecule has 1 aliphatic carbocycles. The summed E-state index contributed by atoms with van der Waals surface area (Å²) in [4.78, 5) is 2.33. The molecule has 0 heterocycles. The molecule has 1 saturated carbocycles. The van der Waals surface area contributed by atoms with Crippen LogP contribution < -0.4 is 4.90 Å². The summed E-state index contributed by atoms with van der Waals surface area (Å²) in [5.74, 6) is 0.857. The van der Waals surface area contributed by atoms with Gasteiger partial charge in [-0.2, -0.15) is 0 Å². The molecule has 2 atom stereocenters. The van der Waals surface area contributed by atoms with E-state index in [1.54, 1.807) is 6.92 Å². The van der Waals surface area contributed by atoms with Gasteiger partial charge in [-0.05, 0) is 50.3 Å². The summed E-state index contributed by atoms with van der Waals surface area (Å²) in [5, 5.41) is 9.60. The third-order valence-electron chi connectivity index (χ3n) is 3.76. The van der Waals surface area contributed by atoms with E-state index in [-0.39, 0.29) is 0 Å². The number of benzene rings is 1. The number of anilines is 1. The second kappa shape index (κ2) is 4.99. The fourth-order valence-corrected chi connectivity index (χ4v) is 2.90. The highest BCUT2D eigenvalue weighted by Gasteiger charge is 2.30. The molecule has 0 saturated heterocycles. The normalized spacial score (nSPS) is 18.9. The Morgan fingerprint density at radius 3 is 2.47 bits per heavy atom. The summed E-state index contributed by atoms with van der Waals surface area (Å²) < 4.78 is 0.986. The van der Waals surface area contributed by atoms with E-state index < -0.39 is 6.10 Å². The molecule has 0 amide bonds. The van der Waals surface area contributed by atoms with Crippen LogP contribution in [-0.4, -0.2) is 18.2 Å². The van der Waals surface area contributed by atoms with Crippen molar-refractivity contribution in [1.29, 1.82) is 0 Å². The molecule has 1 aromatic carbocycles. The minimum Gasteiger partial charge on any atom is -0.389 e. The number of aliphatic hydroxyl groups is 1. The van der Waals surface area contributed by atoms with Crippen molar-refractivity contribution in [3.05, 3.63) is 28.2 Å². The van der Waals surface area contributed by atoms with Crippen molar-refractivity contribution in [3.63, 3.8) is 0 Å². The molecule has 0 aliphatic heterocycles. The Balaban J connectivity index is 2.18. The molecule has 2 nitrogen and oxygen atoms in total. The van der Waals surface area contributed by atoms with Gasteiger partial charge in [0.2, 0.25) is 0 Å². The summed E-state index contributed by atoms with van der Waals surface area (Å²) >= 11 is 3.53. The first-order valence-corrected chi connectivity index (χ1v) is 7.00. The van der Waals surface area contributed by atoms with E-state index >= 15 is 0 Å². The van der Waals surface area contributed by atoms with Crippen molar-refractivity contribution in [2.45, 2.75) is 38.8 Å². The predicted molar refractivity (Wildman–Crippen MR) is 75.4 cm³/mol. The lowest BCUT2D eigenvalue weighted by Gasteiger charge is -2.27. The number of aliphatic hydroxyl groups excluding tert-OH is 1. The number of hydrogen-bond donors (Lipinski definition) is 1. The smallest absolute Gasteiger partial charge is 0.0772 e. The molecule has 17 heavy (non-hydrogen) atoms. The first-order valence-electron chi connectivity index (χ1n) is 6.21. The second-order valence-electron chi connectivity index (χ2n) is 5.07. The van der Waals surface area contributed by atoms with E-state index in [9.17, 15) is 5.11 Å². The van der Waals surface area contributed by atoms with Gasteiger partial charge in [0.15, 0.2) is 0 Å². The van der Waals surface area contributed by atoms with E-state index in [2.05, 4.69) is 46.9 Å². The largest absolute Gasteiger partial charge is 0.389 e. The minimum atomic E-state index is -0.426. The number of nitrogens with zero attached hydrogens (tertiary/aromatic N) is 1. The van der Waals surface area contributed by atoms with Gasteiger partial charge in [-0.15, -0.1) is 0 Å². The Hall–Kier alpha value is -0.540. The van der Waals surface area contributed by atoms with Crippen LogP contribution in [0.4, 0.5) is 5.69 Å². The summed E-state index contributed by atoms with van der Waals surface area (Å²) in [6, 6.07) is 6.78. The SMILES string of the molecule is CC(C1CC1)N(C)c1ccc([C@H](C)O)c(Br)c1. The molecule has 1 aromatic rings. The van der Waals surface area contributed by atoms with E-state index in [0.29, 0.717) is 6.04 Å². The van der Waals surface area contributed by atoms with Crippen LogP contribution in [0.2, 0.25) is 0 Å². The highest BCUT2D eigenvalue weighted by Crippen LogP contribution is 2.37. The third-order valence-corrected chi connectivity index (χ3v) is 4.44. The Bertz CT molecular complexity index is 401. The van der Waals surface area contributed by atoms with E-state index in [1.807, 2.05) is 6.07 Å². The molecule has 1 aliphatic rings. The molecule has 1 unspecified atom stereocenters. The number of hydrogen-bond acceptors (Lipinski definition) is 2. The molecule has 2 rings (SSSR count). The van der Waals surface area contributed by atoms with Crippen LogP contribution in [0.5, 0.6) is 0 Å². The third kappa shape index (κ3) is 2.83. The molecular weight excluding hydrogens is 278 g/mol. The van der Waals surface area contributed by atoms with Crippen LogP contribution in [0.3, 0.4) is 0 Å². The monoisotopic (exact) mass is 297 g/mol. The second-order valence-corrected chi connectivity index (χ2v) is 5.93. The molecule has 0 spiro atoms. The average molecular weight is 298 g/mol. The topological polar surface area (TPSA) is 23.5 Å². The zero-order valence-corrected chi connectivity index (χ0v) is 12.2. The van der Waals surface area contributed by atoms with Crippen LogP contribution in [0, 0.1) is 5.92 Å². The van der Waals surface area contributed by atoms with Gasteiger partial charge < -0.3 is 10.0 Å². The number of rotatable bonds is 4. The predicted octanol–water partition coefficient (Wildman–Crippen LogP) is 3.74. The maximum absolute atomic E-state index is 9.60. The average Bonchev–Trinajstić information content (AvgIpc) is 3.10. The Labute approximate surface area is 112 Å². The summed E-state index contributed by atoms with van der Waals surface area (Å²) in [5.41, 5.74) is 2.15. The van der Waals surface area contributed by atoms with Crippen LogP contribution in [0.1, 0.15) is 38.4 Å². The highest BCUT2D eigenvalue weighted by atomic mass is 79.9. The van der Waals surface area contributed by atoms with Gasteiger partial charge in [0.05, 0.1) is 6.10 Å². The molecule has 1 N–H and O–H groups in total. The van der Waals surface area contributed by atoms with Crippen molar-refractivity contribution in [2.75, 3.05) is 11.9 Å². The molecule has 1 fully saturated rings. The summed E-state index contributed by atoms with van der Waals surface area (Å²) in [7, 11) is 2.15. The maximum Gasteiger partial charge on any atom is 0.0772 e. The number of halogens is 1. The summed E-state index contributed by atoms with van der Waals surface area (Å²) in [6.07, 6.45) is 2.29. The Morgan fingerprint density at radius 1 is 1.35 bits per heavy atom. The van der Waals surface area contributed by atoms with Crippen molar-refractivity contribution >= 4 is 21.6 Å². The van der Waals surface area contributed by atoms with Crippen LogP contribution >= 0.6 is 15.9 Å². The van der Waals surface area contributed by atoms with Gasteiger partial charge in [0.1, 0.15) is 0 Å². The lowest BCUT2D eigenvalue weighted by atomic mass is 10.1.